The zero-order valence-electron chi connectivity index (χ0n) is 19.6. The van der Waals surface area contributed by atoms with E-state index in [1.165, 1.54) is 30.7 Å². The highest BCUT2D eigenvalue weighted by atomic mass is 32.1. The van der Waals surface area contributed by atoms with Gasteiger partial charge in [-0.2, -0.15) is 0 Å². The summed E-state index contributed by atoms with van der Waals surface area (Å²) < 4.78 is 5.04. The minimum Gasteiger partial charge on any atom is -0.504 e. The van der Waals surface area contributed by atoms with Crippen LogP contribution >= 0.6 is 11.3 Å². The predicted octanol–water partition coefficient (Wildman–Crippen LogP) is 5.38. The molecule has 0 saturated heterocycles. The summed E-state index contributed by atoms with van der Waals surface area (Å²) in [5.41, 5.74) is 3.16. The van der Waals surface area contributed by atoms with E-state index < -0.39 is 5.92 Å². The Hall–Kier alpha value is -4.76. The van der Waals surface area contributed by atoms with Crippen LogP contribution in [0.5, 0.6) is 11.5 Å². The molecular formula is C28H21N3O5S. The number of nitrogens with one attached hydrogen (secondary N) is 2. The van der Waals surface area contributed by atoms with Gasteiger partial charge in [0.05, 0.1) is 17.7 Å². The van der Waals surface area contributed by atoms with E-state index in [2.05, 4.69) is 15.6 Å². The van der Waals surface area contributed by atoms with Crippen molar-refractivity contribution in [2.75, 3.05) is 17.7 Å². The first-order chi connectivity index (χ1) is 17.9. The number of aliphatic imine (C=N–C) groups is 1. The molecule has 2 heterocycles. The number of anilines is 2. The number of hydrogen-bond donors (Lipinski definition) is 3. The van der Waals surface area contributed by atoms with E-state index in [-0.39, 0.29) is 23.3 Å². The Morgan fingerprint density at radius 2 is 1.84 bits per heavy atom. The summed E-state index contributed by atoms with van der Waals surface area (Å²) in [4.78, 5) is 42.9. The smallest absolute Gasteiger partial charge is 0.265 e. The van der Waals surface area contributed by atoms with E-state index in [0.29, 0.717) is 44.4 Å². The number of fused-ring (bicyclic) bond motifs is 1. The van der Waals surface area contributed by atoms with Crippen LogP contribution in [-0.4, -0.2) is 36.0 Å². The molecule has 1 aliphatic heterocycles. The molecule has 0 radical (unpaired) electrons. The van der Waals surface area contributed by atoms with Crippen molar-refractivity contribution in [3.63, 3.8) is 0 Å². The maximum Gasteiger partial charge on any atom is 0.265 e. The zero-order chi connectivity index (χ0) is 25.9. The van der Waals surface area contributed by atoms with E-state index in [1.807, 2.05) is 5.38 Å². The molecule has 1 atom stereocenters. The van der Waals surface area contributed by atoms with E-state index in [4.69, 9.17) is 4.74 Å². The van der Waals surface area contributed by atoms with Gasteiger partial charge in [0.1, 0.15) is 5.92 Å². The molecule has 0 fully saturated rings. The Morgan fingerprint density at radius 3 is 2.54 bits per heavy atom. The van der Waals surface area contributed by atoms with Gasteiger partial charge in [0.15, 0.2) is 17.3 Å². The fourth-order valence-corrected chi connectivity index (χ4v) is 4.59. The van der Waals surface area contributed by atoms with Crippen LogP contribution in [0.25, 0.3) is 0 Å². The zero-order valence-corrected chi connectivity index (χ0v) is 20.4. The SMILES string of the molecule is COc1ccc(N=CC2C(=O)Nc3ccc(C(=O)c4ccc(NC(=O)c5cccs5)cc4)cc32)cc1O. The van der Waals surface area contributed by atoms with Gasteiger partial charge in [-0.15, -0.1) is 11.3 Å². The van der Waals surface area contributed by atoms with Crippen molar-refractivity contribution in [3.05, 3.63) is 99.7 Å². The highest BCUT2D eigenvalue weighted by Crippen LogP contribution is 2.34. The van der Waals surface area contributed by atoms with Gasteiger partial charge < -0.3 is 20.5 Å². The monoisotopic (exact) mass is 511 g/mol. The van der Waals surface area contributed by atoms with Crippen molar-refractivity contribution in [1.82, 2.24) is 0 Å². The van der Waals surface area contributed by atoms with Crippen LogP contribution in [0.3, 0.4) is 0 Å². The number of ether oxygens (including phenoxy) is 1. The molecule has 8 nitrogen and oxygen atoms in total. The number of phenols is 1. The Balaban J connectivity index is 1.33. The molecule has 3 N–H and O–H groups in total. The first-order valence-corrected chi connectivity index (χ1v) is 12.2. The first kappa shape index (κ1) is 24.0. The third-order valence-electron chi connectivity index (χ3n) is 5.87. The van der Waals surface area contributed by atoms with E-state index in [1.54, 1.807) is 66.7 Å². The molecule has 1 aliphatic rings. The van der Waals surface area contributed by atoms with Gasteiger partial charge in [0.2, 0.25) is 5.91 Å². The van der Waals surface area contributed by atoms with Crippen LogP contribution in [0.1, 0.15) is 37.1 Å². The Bertz CT molecular complexity index is 1530. The highest BCUT2D eigenvalue weighted by molar-refractivity contribution is 7.12. The van der Waals surface area contributed by atoms with Gasteiger partial charge >= 0.3 is 0 Å². The second-order valence-corrected chi connectivity index (χ2v) is 9.19. The van der Waals surface area contributed by atoms with Gasteiger partial charge in [-0.05, 0) is 71.6 Å². The lowest BCUT2D eigenvalue weighted by Crippen LogP contribution is -2.13. The Kier molecular flexibility index (Phi) is 6.53. The minimum atomic E-state index is -0.693. The molecule has 3 aromatic carbocycles. The van der Waals surface area contributed by atoms with Crippen LogP contribution in [0, 0.1) is 0 Å². The van der Waals surface area contributed by atoms with Crippen molar-refractivity contribution in [1.29, 1.82) is 0 Å². The third-order valence-corrected chi connectivity index (χ3v) is 6.74. The Labute approximate surface area is 216 Å². The van der Waals surface area contributed by atoms with Gasteiger partial charge in [0.25, 0.3) is 5.91 Å². The van der Waals surface area contributed by atoms with E-state index in [0.717, 1.165) is 0 Å². The topological polar surface area (TPSA) is 117 Å². The van der Waals surface area contributed by atoms with Crippen LogP contribution in [0.2, 0.25) is 0 Å². The van der Waals surface area contributed by atoms with Gasteiger partial charge in [0, 0.05) is 34.8 Å². The second-order valence-electron chi connectivity index (χ2n) is 8.24. The van der Waals surface area contributed by atoms with Crippen molar-refractivity contribution in [2.24, 2.45) is 4.99 Å². The molecule has 2 amide bonds. The quantitative estimate of drug-likeness (QED) is 0.227. The van der Waals surface area contributed by atoms with Gasteiger partial charge in [-0.25, -0.2) is 0 Å². The molecule has 37 heavy (non-hydrogen) atoms. The number of ketones is 1. The number of benzene rings is 3. The molecule has 5 rings (SSSR count). The second kappa shape index (κ2) is 10.1. The molecule has 1 aromatic heterocycles. The summed E-state index contributed by atoms with van der Waals surface area (Å²) in [6.07, 6.45) is 1.49. The number of aromatic hydroxyl groups is 1. The van der Waals surface area contributed by atoms with Crippen molar-refractivity contribution < 1.29 is 24.2 Å². The number of carbonyl (C=O) groups excluding carboxylic acids is 3. The largest absolute Gasteiger partial charge is 0.504 e. The van der Waals surface area contributed by atoms with Gasteiger partial charge in [-0.1, -0.05) is 6.07 Å². The molecule has 0 saturated carbocycles. The highest BCUT2D eigenvalue weighted by Gasteiger charge is 2.30. The number of nitrogens with zero attached hydrogens (tertiary/aromatic N) is 1. The molecule has 1 unspecified atom stereocenters. The number of amides is 2. The lowest BCUT2D eigenvalue weighted by Gasteiger charge is -2.08. The number of methoxy groups -OCH3 is 1. The molecule has 0 bridgehead atoms. The third kappa shape index (κ3) is 4.98. The molecule has 184 valence electrons. The molecule has 0 spiro atoms. The average Bonchev–Trinajstić information content (AvgIpc) is 3.55. The van der Waals surface area contributed by atoms with Crippen LogP contribution in [0.4, 0.5) is 17.1 Å². The summed E-state index contributed by atoms with van der Waals surface area (Å²) in [6.45, 7) is 0. The van der Waals surface area contributed by atoms with Crippen molar-refractivity contribution in [2.45, 2.75) is 5.92 Å². The fraction of sp³-hybridized carbons (Fsp3) is 0.0714. The number of carbonyl (C=O) groups is 3. The predicted molar refractivity (Wildman–Crippen MR) is 143 cm³/mol. The lowest BCUT2D eigenvalue weighted by molar-refractivity contribution is -0.115. The Morgan fingerprint density at radius 1 is 1.05 bits per heavy atom. The minimum absolute atomic E-state index is 0.0570. The maximum atomic E-state index is 13.2. The van der Waals surface area contributed by atoms with Crippen molar-refractivity contribution in [3.8, 4) is 11.5 Å². The molecule has 9 heteroatoms. The van der Waals surface area contributed by atoms with Crippen LogP contribution in [-0.2, 0) is 4.79 Å². The first-order valence-electron chi connectivity index (χ1n) is 11.3. The molecular weight excluding hydrogens is 490 g/mol. The standard InChI is InChI=1S/C28H21N3O5S/c1-36-24-11-9-19(14-23(24)32)29-15-21-20-13-17(6-10-22(20)31-27(21)34)26(33)16-4-7-18(8-5-16)30-28(35)25-3-2-12-37-25/h2-15,21,32H,1H3,(H,30,35)(H,31,34). The van der Waals surface area contributed by atoms with Crippen LogP contribution < -0.4 is 15.4 Å². The van der Waals surface area contributed by atoms with E-state index >= 15 is 0 Å². The lowest BCUT2D eigenvalue weighted by atomic mass is 9.96. The summed E-state index contributed by atoms with van der Waals surface area (Å²) >= 11 is 1.35. The maximum absolute atomic E-state index is 13.2. The fourth-order valence-electron chi connectivity index (χ4n) is 3.97. The molecule has 0 aliphatic carbocycles. The van der Waals surface area contributed by atoms with Crippen molar-refractivity contribution >= 4 is 52.2 Å². The normalized spacial score (nSPS) is 14.3. The number of rotatable bonds is 7. The molecule has 4 aromatic rings. The van der Waals surface area contributed by atoms with Gasteiger partial charge in [-0.3, -0.25) is 19.4 Å². The summed E-state index contributed by atoms with van der Waals surface area (Å²) in [5, 5.41) is 17.4. The van der Waals surface area contributed by atoms with E-state index in [9.17, 15) is 19.5 Å². The number of hydrogen-bond acceptors (Lipinski definition) is 7. The number of thiophene rings is 1. The summed E-state index contributed by atoms with van der Waals surface area (Å²) in [7, 11) is 1.45. The van der Waals surface area contributed by atoms with Crippen LogP contribution in [0.15, 0.2) is 83.2 Å². The summed E-state index contributed by atoms with van der Waals surface area (Å²) in [5.74, 6) is -1.10. The average molecular weight is 512 g/mol. The summed E-state index contributed by atoms with van der Waals surface area (Å²) in [6, 6.07) is 19.9. The number of phenolic OH excluding ortho intramolecular Hbond substituents is 1.